The number of carbonyl (C=O) groups is 3. The molecule has 0 unspecified atom stereocenters. The molecule has 7 heteroatoms. The van der Waals surface area contributed by atoms with E-state index < -0.39 is 6.04 Å². The predicted octanol–water partition coefficient (Wildman–Crippen LogP) is 2.10. The fraction of sp³-hybridized carbons (Fsp3) is 0.300. The van der Waals surface area contributed by atoms with Crippen molar-refractivity contribution in [1.29, 1.82) is 0 Å². The fourth-order valence-corrected chi connectivity index (χ4v) is 3.76. The molecule has 1 atom stereocenters. The highest BCUT2D eigenvalue weighted by atomic mass is 32.2. The number of rotatable bonds is 7. The van der Waals surface area contributed by atoms with Gasteiger partial charge in [0.1, 0.15) is 6.04 Å². The molecule has 0 N–H and O–H groups in total. The number of thioether (sulfide) groups is 1. The van der Waals surface area contributed by atoms with Gasteiger partial charge in [0.15, 0.2) is 0 Å². The van der Waals surface area contributed by atoms with E-state index in [0.29, 0.717) is 5.75 Å². The minimum absolute atomic E-state index is 0.0405. The normalized spacial score (nSPS) is 16.6. The molecule has 2 aromatic rings. The van der Waals surface area contributed by atoms with Crippen molar-refractivity contribution in [2.75, 3.05) is 12.8 Å². The van der Waals surface area contributed by atoms with Crippen LogP contribution in [0.3, 0.4) is 0 Å². The maximum absolute atomic E-state index is 12.7. The summed E-state index contributed by atoms with van der Waals surface area (Å²) in [4.78, 5) is 44.2. The molecule has 3 rings (SSSR count). The molecule has 1 aliphatic heterocycles. The van der Waals surface area contributed by atoms with Gasteiger partial charge in [0.25, 0.3) is 5.91 Å². The lowest BCUT2D eigenvalue weighted by atomic mass is 10.2. The molecule has 27 heavy (non-hydrogen) atoms. The highest BCUT2D eigenvalue weighted by Gasteiger charge is 2.42. The van der Waals surface area contributed by atoms with Gasteiger partial charge in [0.2, 0.25) is 11.8 Å². The number of hydrogen-bond donors (Lipinski definition) is 0. The summed E-state index contributed by atoms with van der Waals surface area (Å²) in [5.41, 5.74) is 1.79. The zero-order valence-electron chi connectivity index (χ0n) is 15.1. The van der Waals surface area contributed by atoms with Gasteiger partial charge in [-0.2, -0.15) is 0 Å². The molecule has 1 aromatic carbocycles. The average Bonchev–Trinajstić information content (AvgIpc) is 2.97. The number of aromatic nitrogens is 1. The van der Waals surface area contributed by atoms with Crippen LogP contribution in [0.1, 0.15) is 17.7 Å². The predicted molar refractivity (Wildman–Crippen MR) is 104 cm³/mol. The van der Waals surface area contributed by atoms with Crippen LogP contribution in [0.25, 0.3) is 0 Å². The third-order valence-electron chi connectivity index (χ3n) is 4.47. The number of likely N-dealkylation sites (tertiary alicyclic amines) is 1. The van der Waals surface area contributed by atoms with Gasteiger partial charge in [-0.3, -0.25) is 24.3 Å². The molecule has 1 fully saturated rings. The minimum Gasteiger partial charge on any atom is -0.332 e. The van der Waals surface area contributed by atoms with Gasteiger partial charge < -0.3 is 4.90 Å². The molecule has 6 nitrogen and oxygen atoms in total. The van der Waals surface area contributed by atoms with Gasteiger partial charge in [0, 0.05) is 19.0 Å². The van der Waals surface area contributed by atoms with Gasteiger partial charge in [-0.05, 0) is 17.7 Å². The molecule has 0 radical (unpaired) electrons. The first-order chi connectivity index (χ1) is 13.1. The van der Waals surface area contributed by atoms with Crippen LogP contribution in [0, 0.1) is 0 Å². The Morgan fingerprint density at radius 3 is 2.63 bits per heavy atom. The second-order valence-electron chi connectivity index (χ2n) is 6.34. The van der Waals surface area contributed by atoms with Crippen LogP contribution >= 0.6 is 11.8 Å². The summed E-state index contributed by atoms with van der Waals surface area (Å²) in [6.45, 7) is 0.242. The van der Waals surface area contributed by atoms with E-state index in [4.69, 9.17) is 0 Å². The molecule has 2 heterocycles. The van der Waals surface area contributed by atoms with Crippen molar-refractivity contribution in [3.63, 3.8) is 0 Å². The van der Waals surface area contributed by atoms with Crippen LogP contribution in [0.2, 0.25) is 0 Å². The molecule has 0 bridgehead atoms. The molecule has 1 aromatic heterocycles. The van der Waals surface area contributed by atoms with Crippen molar-refractivity contribution in [2.45, 2.75) is 24.8 Å². The summed E-state index contributed by atoms with van der Waals surface area (Å²) >= 11 is 1.44. The van der Waals surface area contributed by atoms with E-state index >= 15 is 0 Å². The summed E-state index contributed by atoms with van der Waals surface area (Å²) < 4.78 is 0. The summed E-state index contributed by atoms with van der Waals surface area (Å²) in [7, 11) is 1.59. The second kappa shape index (κ2) is 8.81. The number of likely N-dealkylation sites (N-methyl/N-ethyl adjacent to an activating group) is 1. The maximum atomic E-state index is 12.7. The number of benzene rings is 1. The van der Waals surface area contributed by atoms with Crippen LogP contribution in [-0.2, 0) is 26.7 Å². The number of imide groups is 1. The number of pyridine rings is 1. The van der Waals surface area contributed by atoms with Crippen molar-refractivity contribution in [1.82, 2.24) is 14.8 Å². The highest BCUT2D eigenvalue weighted by Crippen LogP contribution is 2.21. The quantitative estimate of drug-likeness (QED) is 0.685. The van der Waals surface area contributed by atoms with E-state index in [1.807, 2.05) is 48.5 Å². The number of amides is 3. The maximum Gasteiger partial charge on any atom is 0.252 e. The molecule has 3 amide bonds. The van der Waals surface area contributed by atoms with Crippen LogP contribution < -0.4 is 0 Å². The van der Waals surface area contributed by atoms with Gasteiger partial charge in [-0.1, -0.05) is 36.4 Å². The van der Waals surface area contributed by atoms with Gasteiger partial charge in [0.05, 0.1) is 24.4 Å². The summed E-state index contributed by atoms with van der Waals surface area (Å²) in [5.74, 6) is 0.148. The second-order valence-corrected chi connectivity index (χ2v) is 7.33. The van der Waals surface area contributed by atoms with E-state index in [1.54, 1.807) is 13.2 Å². The Labute approximate surface area is 162 Å². The topological polar surface area (TPSA) is 70.6 Å². The summed E-state index contributed by atoms with van der Waals surface area (Å²) in [6.07, 6.45) is 1.76. The van der Waals surface area contributed by atoms with E-state index in [1.165, 1.54) is 21.6 Å². The molecular weight excluding hydrogens is 362 g/mol. The third kappa shape index (κ3) is 4.74. The van der Waals surface area contributed by atoms with Crippen LogP contribution in [0.15, 0.2) is 54.7 Å². The largest absolute Gasteiger partial charge is 0.332 e. The van der Waals surface area contributed by atoms with Crippen molar-refractivity contribution in [3.05, 3.63) is 66.0 Å². The van der Waals surface area contributed by atoms with E-state index in [0.717, 1.165) is 11.3 Å². The molecule has 140 valence electrons. The Balaban J connectivity index is 1.54. The monoisotopic (exact) mass is 383 g/mol. The smallest absolute Gasteiger partial charge is 0.252 e. The van der Waals surface area contributed by atoms with Crippen molar-refractivity contribution in [3.8, 4) is 0 Å². The van der Waals surface area contributed by atoms with Crippen LogP contribution in [-0.4, -0.2) is 51.3 Å². The lowest BCUT2D eigenvalue weighted by Crippen LogP contribution is -2.43. The molecule has 1 saturated heterocycles. The van der Waals surface area contributed by atoms with Crippen LogP contribution in [0.4, 0.5) is 0 Å². The lowest BCUT2D eigenvalue weighted by molar-refractivity contribution is -0.143. The number of nitrogens with zero attached hydrogens (tertiary/aromatic N) is 3. The van der Waals surface area contributed by atoms with Crippen LogP contribution in [0.5, 0.6) is 0 Å². The van der Waals surface area contributed by atoms with Gasteiger partial charge in [-0.25, -0.2) is 0 Å². The Kier molecular flexibility index (Phi) is 6.24. The van der Waals surface area contributed by atoms with Crippen molar-refractivity contribution >= 4 is 29.5 Å². The SMILES string of the molecule is CN(C(=O)CSCc1ccccn1)[C@H]1CC(=O)N(Cc2ccccc2)C1=O. The number of carbonyl (C=O) groups excluding carboxylic acids is 3. The Morgan fingerprint density at radius 2 is 1.93 bits per heavy atom. The molecule has 0 aliphatic carbocycles. The Bertz CT molecular complexity index is 814. The molecular formula is C20H21N3O3S. The zero-order chi connectivity index (χ0) is 19.2. The number of hydrogen-bond acceptors (Lipinski definition) is 5. The average molecular weight is 383 g/mol. The summed E-state index contributed by atoms with van der Waals surface area (Å²) in [6, 6.07) is 14.3. The van der Waals surface area contributed by atoms with Gasteiger partial charge in [-0.15, -0.1) is 11.8 Å². The van der Waals surface area contributed by atoms with Crippen molar-refractivity contribution in [2.24, 2.45) is 0 Å². The zero-order valence-corrected chi connectivity index (χ0v) is 15.9. The first-order valence-electron chi connectivity index (χ1n) is 8.67. The molecule has 1 aliphatic rings. The molecule has 0 saturated carbocycles. The Morgan fingerprint density at radius 1 is 1.19 bits per heavy atom. The van der Waals surface area contributed by atoms with E-state index in [2.05, 4.69) is 4.98 Å². The minimum atomic E-state index is -0.718. The fourth-order valence-electron chi connectivity index (χ4n) is 2.90. The van der Waals surface area contributed by atoms with Gasteiger partial charge >= 0.3 is 0 Å². The highest BCUT2D eigenvalue weighted by molar-refractivity contribution is 7.99. The van der Waals surface area contributed by atoms with Crippen molar-refractivity contribution < 1.29 is 14.4 Å². The third-order valence-corrected chi connectivity index (χ3v) is 5.42. The standard InChI is InChI=1S/C20H21N3O3S/c1-22(19(25)14-27-13-16-9-5-6-10-21-16)17-11-18(24)23(20(17)26)12-15-7-3-2-4-8-15/h2-10,17H,11-14H2,1H3/t17-/m0/s1. The van der Waals surface area contributed by atoms with E-state index in [9.17, 15) is 14.4 Å². The first kappa shape index (κ1) is 19.1. The Hall–Kier alpha value is -2.67. The van der Waals surface area contributed by atoms with E-state index in [-0.39, 0.29) is 36.4 Å². The molecule has 0 spiro atoms. The lowest BCUT2D eigenvalue weighted by Gasteiger charge is -2.23. The summed E-state index contributed by atoms with van der Waals surface area (Å²) in [5, 5.41) is 0. The first-order valence-corrected chi connectivity index (χ1v) is 9.83.